The Kier molecular flexibility index (Phi) is 18.7. The molecule has 1 heterocycles. The first-order valence-corrected chi connectivity index (χ1v) is 9.46. The number of nitrogens with one attached hydrogen (secondary N) is 3. The lowest BCUT2D eigenvalue weighted by Gasteiger charge is -2.36. The lowest BCUT2D eigenvalue weighted by molar-refractivity contribution is -0.923. The molecule has 0 radical (unpaired) electrons. The summed E-state index contributed by atoms with van der Waals surface area (Å²) >= 11 is 0. The van der Waals surface area contributed by atoms with Gasteiger partial charge in [-0.25, -0.2) is 0 Å². The number of nitrogens with zero attached hydrogens (tertiary/aromatic N) is 2. The first kappa shape index (κ1) is 26.6. The summed E-state index contributed by atoms with van der Waals surface area (Å²) in [6.45, 7) is 22.2. The molecule has 5 nitrogen and oxygen atoms in total. The number of halogens is 2. The molecule has 0 aliphatic carbocycles. The van der Waals surface area contributed by atoms with Crippen molar-refractivity contribution < 1.29 is 16.9 Å². The van der Waals surface area contributed by atoms with E-state index in [-0.39, 0.29) is 24.8 Å². The minimum absolute atomic E-state index is 0. The quantitative estimate of drug-likeness (QED) is 0.433. The highest BCUT2D eigenvalue weighted by atomic mass is 35.5. The number of quaternary nitrogens is 1. The zero-order valence-corrected chi connectivity index (χ0v) is 17.7. The standard InChI is InChI=1S/C17H40N5.2ClH/c1-4-22(5-2,6-3)17-7-14-21-15-12-19-10-8-18-9-11-20-13-16-21;;/h18-20H,4-17H2,1-3H3;2*1H/q+1;;/p-1. The average molecular weight is 386 g/mol. The van der Waals surface area contributed by atoms with E-state index in [2.05, 4.69) is 41.6 Å². The molecule has 0 aromatic rings. The fraction of sp³-hybridized carbons (Fsp3) is 1.00. The van der Waals surface area contributed by atoms with Gasteiger partial charge in [0.15, 0.2) is 0 Å². The predicted molar refractivity (Wildman–Crippen MR) is 104 cm³/mol. The van der Waals surface area contributed by atoms with Gasteiger partial charge in [-0.15, -0.1) is 12.4 Å². The summed E-state index contributed by atoms with van der Waals surface area (Å²) in [5.74, 6) is 0. The lowest BCUT2D eigenvalue weighted by Crippen LogP contribution is -3.00. The van der Waals surface area contributed by atoms with Crippen LogP contribution in [0.5, 0.6) is 0 Å². The normalized spacial score (nSPS) is 18.6. The van der Waals surface area contributed by atoms with E-state index in [0.717, 1.165) is 39.3 Å². The van der Waals surface area contributed by atoms with Crippen LogP contribution in [0.3, 0.4) is 0 Å². The molecule has 0 bridgehead atoms. The van der Waals surface area contributed by atoms with Crippen LogP contribution in [0.4, 0.5) is 0 Å². The van der Waals surface area contributed by atoms with Gasteiger partial charge in [-0.1, -0.05) is 0 Å². The molecule has 1 fully saturated rings. The maximum Gasteiger partial charge on any atom is 0.0798 e. The van der Waals surface area contributed by atoms with Crippen molar-refractivity contribution in [3.8, 4) is 0 Å². The molecule has 3 N–H and O–H groups in total. The Morgan fingerprint density at radius 3 is 1.58 bits per heavy atom. The zero-order chi connectivity index (χ0) is 16.1. The highest BCUT2D eigenvalue weighted by Gasteiger charge is 2.20. The van der Waals surface area contributed by atoms with Gasteiger partial charge in [0.1, 0.15) is 0 Å². The van der Waals surface area contributed by atoms with Crippen molar-refractivity contribution in [3.63, 3.8) is 0 Å². The van der Waals surface area contributed by atoms with Gasteiger partial charge in [0, 0.05) is 65.3 Å². The molecule has 148 valence electrons. The molecule has 1 saturated heterocycles. The highest BCUT2D eigenvalue weighted by molar-refractivity contribution is 5.85. The number of rotatable bonds is 7. The molecule has 1 rings (SSSR count). The van der Waals surface area contributed by atoms with Crippen molar-refractivity contribution in [3.05, 3.63) is 0 Å². The summed E-state index contributed by atoms with van der Waals surface area (Å²) in [6, 6.07) is 0. The fourth-order valence-electron chi connectivity index (χ4n) is 3.31. The van der Waals surface area contributed by atoms with Crippen LogP contribution < -0.4 is 28.4 Å². The third-order valence-corrected chi connectivity index (χ3v) is 5.29. The average Bonchev–Trinajstić information content (AvgIpc) is 2.54. The molecular formula is C17H41Cl2N5. The van der Waals surface area contributed by atoms with Crippen molar-refractivity contribution in [1.82, 2.24) is 20.9 Å². The molecule has 0 atom stereocenters. The van der Waals surface area contributed by atoms with E-state index in [1.807, 2.05) is 0 Å². The van der Waals surface area contributed by atoms with Gasteiger partial charge < -0.3 is 37.7 Å². The predicted octanol–water partition coefficient (Wildman–Crippen LogP) is -2.24. The summed E-state index contributed by atoms with van der Waals surface area (Å²) in [5, 5.41) is 10.5. The first-order valence-electron chi connectivity index (χ1n) is 9.46. The smallest absolute Gasteiger partial charge is 0.0798 e. The van der Waals surface area contributed by atoms with Gasteiger partial charge >= 0.3 is 0 Å². The molecule has 0 unspecified atom stereocenters. The largest absolute Gasteiger partial charge is 1.00 e. The molecular weight excluding hydrogens is 345 g/mol. The van der Waals surface area contributed by atoms with Crippen LogP contribution in [-0.4, -0.2) is 94.5 Å². The van der Waals surface area contributed by atoms with Gasteiger partial charge in [0.2, 0.25) is 0 Å². The second-order valence-corrected chi connectivity index (χ2v) is 6.46. The van der Waals surface area contributed by atoms with Crippen molar-refractivity contribution in [1.29, 1.82) is 0 Å². The van der Waals surface area contributed by atoms with Crippen molar-refractivity contribution in [2.24, 2.45) is 0 Å². The first-order chi connectivity index (χ1) is 10.8. The van der Waals surface area contributed by atoms with E-state index < -0.39 is 0 Å². The lowest BCUT2D eigenvalue weighted by atomic mass is 10.2. The summed E-state index contributed by atoms with van der Waals surface area (Å²) < 4.78 is 1.27. The molecule has 0 amide bonds. The van der Waals surface area contributed by atoms with E-state index >= 15 is 0 Å². The molecule has 7 heteroatoms. The molecule has 0 aromatic carbocycles. The van der Waals surface area contributed by atoms with Crippen molar-refractivity contribution in [2.75, 3.05) is 85.1 Å². The molecule has 0 aromatic heterocycles. The van der Waals surface area contributed by atoms with E-state index in [1.54, 1.807) is 0 Å². The van der Waals surface area contributed by atoms with E-state index in [9.17, 15) is 0 Å². The van der Waals surface area contributed by atoms with Crippen LogP contribution in [-0.2, 0) is 0 Å². The summed E-state index contributed by atoms with van der Waals surface area (Å²) in [4.78, 5) is 2.63. The van der Waals surface area contributed by atoms with Gasteiger partial charge in [0.05, 0.1) is 26.2 Å². The summed E-state index contributed by atoms with van der Waals surface area (Å²) in [7, 11) is 0. The molecule has 1 aliphatic heterocycles. The Hall–Kier alpha value is 0.380. The Morgan fingerprint density at radius 2 is 1.17 bits per heavy atom. The Balaban J connectivity index is 0. The third-order valence-electron chi connectivity index (χ3n) is 5.29. The molecule has 0 saturated carbocycles. The van der Waals surface area contributed by atoms with E-state index in [4.69, 9.17) is 0 Å². The topological polar surface area (TPSA) is 39.3 Å². The van der Waals surface area contributed by atoms with Crippen LogP contribution in [0.2, 0.25) is 0 Å². The van der Waals surface area contributed by atoms with Crippen LogP contribution >= 0.6 is 12.4 Å². The van der Waals surface area contributed by atoms with Crippen molar-refractivity contribution in [2.45, 2.75) is 27.2 Å². The summed E-state index contributed by atoms with van der Waals surface area (Å²) in [5.41, 5.74) is 0. The summed E-state index contributed by atoms with van der Waals surface area (Å²) in [6.07, 6.45) is 1.32. The minimum Gasteiger partial charge on any atom is -1.00 e. The zero-order valence-electron chi connectivity index (χ0n) is 16.1. The number of hydrogen-bond donors (Lipinski definition) is 3. The molecule has 1 aliphatic rings. The maximum atomic E-state index is 3.54. The van der Waals surface area contributed by atoms with E-state index in [0.29, 0.717) is 0 Å². The maximum absolute atomic E-state index is 3.54. The Labute approximate surface area is 162 Å². The highest BCUT2D eigenvalue weighted by Crippen LogP contribution is 2.07. The van der Waals surface area contributed by atoms with Crippen LogP contribution in [0.1, 0.15) is 27.2 Å². The second kappa shape index (κ2) is 16.8. The van der Waals surface area contributed by atoms with Gasteiger partial charge in [-0.2, -0.15) is 0 Å². The SMILES string of the molecule is CC[N+](CC)(CC)CCCN1CCNCCNCCNCC1.Cl.[Cl-]. The number of hydrogen-bond acceptors (Lipinski definition) is 4. The Bertz CT molecular complexity index is 245. The van der Waals surface area contributed by atoms with Gasteiger partial charge in [0.25, 0.3) is 0 Å². The Morgan fingerprint density at radius 1 is 0.750 bits per heavy atom. The third kappa shape index (κ3) is 11.1. The van der Waals surface area contributed by atoms with Gasteiger partial charge in [-0.05, 0) is 20.8 Å². The second-order valence-electron chi connectivity index (χ2n) is 6.46. The van der Waals surface area contributed by atoms with Crippen molar-refractivity contribution >= 4 is 12.4 Å². The molecule has 0 spiro atoms. The van der Waals surface area contributed by atoms with Crippen LogP contribution in [0.25, 0.3) is 0 Å². The monoisotopic (exact) mass is 385 g/mol. The van der Waals surface area contributed by atoms with E-state index in [1.165, 1.54) is 56.7 Å². The molecule has 24 heavy (non-hydrogen) atoms. The fourth-order valence-corrected chi connectivity index (χ4v) is 3.31. The minimum atomic E-state index is 0. The van der Waals surface area contributed by atoms with Crippen LogP contribution in [0, 0.1) is 0 Å². The van der Waals surface area contributed by atoms with Gasteiger partial charge in [-0.3, -0.25) is 0 Å². The van der Waals surface area contributed by atoms with Crippen LogP contribution in [0.15, 0.2) is 0 Å².